The summed E-state index contributed by atoms with van der Waals surface area (Å²) in [7, 11) is 0. The average molecular weight is 195 g/mol. The lowest BCUT2D eigenvalue weighted by molar-refractivity contribution is 0.308. The normalized spacial score (nSPS) is 15.6. The molecule has 1 heteroatoms. The zero-order chi connectivity index (χ0) is 10.7. The fourth-order valence-corrected chi connectivity index (χ4v) is 2.45. The van der Waals surface area contributed by atoms with E-state index in [9.17, 15) is 0 Å². The van der Waals surface area contributed by atoms with Gasteiger partial charge in [0.2, 0.25) is 0 Å². The Morgan fingerprint density at radius 1 is 1.14 bits per heavy atom. The van der Waals surface area contributed by atoms with Gasteiger partial charge in [-0.15, -0.1) is 0 Å². The fourth-order valence-electron chi connectivity index (χ4n) is 2.45. The number of nitrogens with zero attached hydrogens (tertiary/aromatic N) is 1. The second-order valence-electron chi connectivity index (χ2n) is 4.54. The van der Waals surface area contributed by atoms with Crippen LogP contribution in [-0.4, -0.2) is 17.5 Å². The lowest BCUT2D eigenvalue weighted by Gasteiger charge is -2.24. The van der Waals surface area contributed by atoms with Gasteiger partial charge < -0.3 is 4.90 Å². The van der Waals surface area contributed by atoms with Gasteiger partial charge in [0.05, 0.1) is 0 Å². The van der Waals surface area contributed by atoms with Crippen LogP contribution in [0.1, 0.15) is 53.9 Å². The Morgan fingerprint density at radius 2 is 1.71 bits per heavy atom. The minimum Gasteiger partial charge on any atom is -0.372 e. The van der Waals surface area contributed by atoms with Crippen molar-refractivity contribution >= 4 is 0 Å². The van der Waals surface area contributed by atoms with E-state index in [1.54, 1.807) is 11.3 Å². The molecule has 0 fully saturated rings. The summed E-state index contributed by atoms with van der Waals surface area (Å²) < 4.78 is 0. The van der Waals surface area contributed by atoms with E-state index in [2.05, 4.69) is 39.5 Å². The quantitative estimate of drug-likeness (QED) is 0.623. The molecule has 0 saturated heterocycles. The molecule has 0 aromatic carbocycles. The molecule has 0 N–H and O–H groups in total. The van der Waals surface area contributed by atoms with Crippen LogP contribution in [0.5, 0.6) is 0 Å². The molecule has 0 saturated carbocycles. The van der Waals surface area contributed by atoms with E-state index < -0.39 is 0 Å². The third-order valence-electron chi connectivity index (χ3n) is 3.39. The van der Waals surface area contributed by atoms with Gasteiger partial charge in [0.25, 0.3) is 0 Å². The van der Waals surface area contributed by atoms with E-state index >= 15 is 0 Å². The third kappa shape index (κ3) is 2.31. The maximum absolute atomic E-state index is 2.55. The molecule has 0 aromatic heterocycles. The van der Waals surface area contributed by atoms with Crippen molar-refractivity contribution in [2.24, 2.45) is 5.92 Å². The predicted molar refractivity (Wildman–Crippen MR) is 63.2 cm³/mol. The number of hydrogen-bond acceptors (Lipinski definition) is 1. The molecule has 0 aromatic rings. The summed E-state index contributed by atoms with van der Waals surface area (Å²) in [5.41, 5.74) is 3.39. The molecule has 0 radical (unpaired) electrons. The van der Waals surface area contributed by atoms with Crippen LogP contribution >= 0.6 is 0 Å². The van der Waals surface area contributed by atoms with Crippen LogP contribution in [-0.2, 0) is 0 Å². The van der Waals surface area contributed by atoms with Crippen molar-refractivity contribution in [2.75, 3.05) is 6.54 Å². The van der Waals surface area contributed by atoms with Crippen molar-refractivity contribution in [1.82, 2.24) is 4.90 Å². The minimum atomic E-state index is 0.668. The average Bonchev–Trinajstić information content (AvgIpc) is 2.88. The van der Waals surface area contributed by atoms with Crippen molar-refractivity contribution in [2.45, 2.75) is 59.9 Å². The fraction of sp³-hybridized carbons (Fsp3) is 0.846. The largest absolute Gasteiger partial charge is 0.372 e. The predicted octanol–water partition coefficient (Wildman–Crippen LogP) is 3.81. The zero-order valence-electron chi connectivity index (χ0n) is 10.4. The van der Waals surface area contributed by atoms with Crippen LogP contribution in [0, 0.1) is 5.92 Å². The molecule has 1 aliphatic rings. The van der Waals surface area contributed by atoms with Crippen molar-refractivity contribution in [3.8, 4) is 0 Å². The Bertz CT molecular complexity index is 211. The van der Waals surface area contributed by atoms with E-state index in [1.807, 2.05) is 0 Å². The van der Waals surface area contributed by atoms with Gasteiger partial charge in [0, 0.05) is 24.7 Å². The first-order chi connectivity index (χ1) is 6.65. The number of rotatable bonds is 6. The van der Waals surface area contributed by atoms with Crippen molar-refractivity contribution in [3.05, 3.63) is 11.3 Å². The zero-order valence-corrected chi connectivity index (χ0v) is 10.4. The topological polar surface area (TPSA) is 3.24 Å². The molecule has 0 amide bonds. The number of hydrogen-bond donors (Lipinski definition) is 0. The summed E-state index contributed by atoms with van der Waals surface area (Å²) in [6.45, 7) is 12.6. The highest BCUT2D eigenvalue weighted by Gasteiger charge is 2.31. The molecular weight excluding hydrogens is 170 g/mol. The molecule has 82 valence electrons. The molecule has 0 spiro atoms. The summed E-state index contributed by atoms with van der Waals surface area (Å²) in [6.07, 6.45) is 3.91. The highest BCUT2D eigenvalue weighted by atomic mass is 15.2. The number of allylic oxidation sites excluding steroid dienone is 2. The summed E-state index contributed by atoms with van der Waals surface area (Å²) >= 11 is 0. The molecule has 0 heterocycles. The summed E-state index contributed by atoms with van der Waals surface area (Å²) in [4.78, 5) is 2.55. The minimum absolute atomic E-state index is 0.668. The van der Waals surface area contributed by atoms with Gasteiger partial charge in [-0.3, -0.25) is 0 Å². The van der Waals surface area contributed by atoms with Crippen molar-refractivity contribution in [1.29, 1.82) is 0 Å². The van der Waals surface area contributed by atoms with E-state index in [0.717, 1.165) is 12.5 Å². The van der Waals surface area contributed by atoms with Crippen molar-refractivity contribution in [3.63, 3.8) is 0 Å². The molecule has 0 bridgehead atoms. The van der Waals surface area contributed by atoms with E-state index in [0.29, 0.717) is 6.04 Å². The van der Waals surface area contributed by atoms with E-state index in [-0.39, 0.29) is 0 Å². The Morgan fingerprint density at radius 3 is 2.07 bits per heavy atom. The highest BCUT2D eigenvalue weighted by molar-refractivity contribution is 5.36. The molecule has 1 aliphatic carbocycles. The van der Waals surface area contributed by atoms with Crippen LogP contribution in [0.2, 0.25) is 0 Å². The molecule has 0 unspecified atom stereocenters. The van der Waals surface area contributed by atoms with E-state index in [1.165, 1.54) is 19.3 Å². The lowest BCUT2D eigenvalue weighted by Crippen LogP contribution is -2.26. The smallest absolute Gasteiger partial charge is 0.0230 e. The standard InChI is InChI=1S/C13H25N/c1-6-11(7-2)12-9-13(12)14(8-3)10(4)5/h10-11H,6-9H2,1-5H3. The first kappa shape index (κ1) is 11.6. The van der Waals surface area contributed by atoms with Crippen LogP contribution in [0.25, 0.3) is 0 Å². The third-order valence-corrected chi connectivity index (χ3v) is 3.39. The van der Waals surface area contributed by atoms with Gasteiger partial charge in [-0.25, -0.2) is 0 Å². The van der Waals surface area contributed by atoms with E-state index in [4.69, 9.17) is 0 Å². The molecule has 0 aliphatic heterocycles. The Labute approximate surface area is 89.2 Å². The van der Waals surface area contributed by atoms with Gasteiger partial charge in [0.1, 0.15) is 0 Å². The van der Waals surface area contributed by atoms with Crippen LogP contribution in [0.3, 0.4) is 0 Å². The van der Waals surface area contributed by atoms with Crippen LogP contribution in [0.4, 0.5) is 0 Å². The molecular formula is C13H25N. The second-order valence-corrected chi connectivity index (χ2v) is 4.54. The molecule has 14 heavy (non-hydrogen) atoms. The van der Waals surface area contributed by atoms with Crippen LogP contribution < -0.4 is 0 Å². The van der Waals surface area contributed by atoms with Gasteiger partial charge in [-0.1, -0.05) is 13.8 Å². The van der Waals surface area contributed by atoms with Gasteiger partial charge in [0.15, 0.2) is 0 Å². The SMILES string of the molecule is CCC(CC)C1=C(N(CC)C(C)C)C1. The summed E-state index contributed by atoms with van der Waals surface area (Å²) in [5, 5.41) is 0. The second kappa shape index (κ2) is 4.86. The van der Waals surface area contributed by atoms with Gasteiger partial charge >= 0.3 is 0 Å². The van der Waals surface area contributed by atoms with Gasteiger partial charge in [-0.2, -0.15) is 0 Å². The summed E-state index contributed by atoms with van der Waals surface area (Å²) in [6, 6.07) is 0.668. The lowest BCUT2D eigenvalue weighted by atomic mass is 10.0. The monoisotopic (exact) mass is 195 g/mol. The maximum atomic E-state index is 2.55. The van der Waals surface area contributed by atoms with Crippen LogP contribution in [0.15, 0.2) is 11.3 Å². The summed E-state index contributed by atoms with van der Waals surface area (Å²) in [5.74, 6) is 0.859. The molecule has 0 atom stereocenters. The highest BCUT2D eigenvalue weighted by Crippen LogP contribution is 2.42. The Balaban J connectivity index is 2.63. The molecule has 1 rings (SSSR count). The van der Waals surface area contributed by atoms with Crippen molar-refractivity contribution < 1.29 is 0 Å². The van der Waals surface area contributed by atoms with Gasteiger partial charge in [-0.05, 0) is 45.1 Å². The Kier molecular flexibility index (Phi) is 4.03. The Hall–Kier alpha value is -0.460. The molecule has 1 nitrogen and oxygen atoms in total. The maximum Gasteiger partial charge on any atom is 0.0230 e. The first-order valence-corrected chi connectivity index (χ1v) is 6.14. The first-order valence-electron chi connectivity index (χ1n) is 6.14.